The van der Waals surface area contributed by atoms with Crippen molar-refractivity contribution in [3.8, 4) is 0 Å². The van der Waals surface area contributed by atoms with E-state index in [1.807, 2.05) is 36.4 Å². The maximum atomic E-state index is 12.7. The fraction of sp³-hybridized carbons (Fsp3) is 0.417. The van der Waals surface area contributed by atoms with Gasteiger partial charge in [0.05, 0.1) is 0 Å². The third kappa shape index (κ3) is 5.39. The fourth-order valence-electron chi connectivity index (χ4n) is 4.32. The second kappa shape index (κ2) is 9.76. The van der Waals surface area contributed by atoms with Gasteiger partial charge in [-0.05, 0) is 37.0 Å². The maximum absolute atomic E-state index is 12.7. The first-order chi connectivity index (χ1) is 14.7. The molecule has 2 heterocycles. The molecule has 1 atom stereocenters. The minimum absolute atomic E-state index is 0.00560. The van der Waals surface area contributed by atoms with Gasteiger partial charge >= 0.3 is 6.03 Å². The molecule has 0 bridgehead atoms. The van der Waals surface area contributed by atoms with E-state index in [1.54, 1.807) is 4.90 Å². The number of hydrogen-bond acceptors (Lipinski definition) is 3. The molecule has 0 aromatic heterocycles. The van der Waals surface area contributed by atoms with Crippen molar-refractivity contribution in [2.24, 2.45) is 5.92 Å². The van der Waals surface area contributed by atoms with Crippen LogP contribution in [0.5, 0.6) is 0 Å². The number of nitrogens with one attached hydrogen (secondary N) is 2. The highest BCUT2D eigenvalue weighted by Crippen LogP contribution is 2.20. The lowest BCUT2D eigenvalue weighted by Gasteiger charge is -2.32. The number of hydrogen-bond donors (Lipinski definition) is 2. The van der Waals surface area contributed by atoms with E-state index in [0.29, 0.717) is 25.9 Å². The Morgan fingerprint density at radius 1 is 0.867 bits per heavy atom. The number of rotatable bonds is 5. The number of carbonyl (C=O) groups is 2. The average molecular weight is 407 g/mol. The van der Waals surface area contributed by atoms with Crippen molar-refractivity contribution in [2.75, 3.05) is 31.5 Å². The Labute approximate surface area is 178 Å². The SMILES string of the molecule is O=C(N[C@@H]1CCN(Cc2ccccc2)C1)C1CCN(C(=O)Nc2ccccc2)CC1. The van der Waals surface area contributed by atoms with E-state index in [0.717, 1.165) is 31.7 Å². The normalized spacial score (nSPS) is 20.1. The Bertz CT molecular complexity index is 835. The van der Waals surface area contributed by atoms with Crippen molar-refractivity contribution >= 4 is 17.6 Å². The van der Waals surface area contributed by atoms with Crippen LogP contribution in [0.25, 0.3) is 0 Å². The van der Waals surface area contributed by atoms with Gasteiger partial charge in [-0.25, -0.2) is 4.79 Å². The molecule has 4 rings (SSSR count). The molecule has 30 heavy (non-hydrogen) atoms. The number of benzene rings is 2. The van der Waals surface area contributed by atoms with E-state index in [2.05, 4.69) is 39.8 Å². The van der Waals surface area contributed by atoms with Gasteiger partial charge in [-0.2, -0.15) is 0 Å². The molecule has 0 unspecified atom stereocenters. The van der Waals surface area contributed by atoms with Gasteiger partial charge in [0.2, 0.25) is 5.91 Å². The summed E-state index contributed by atoms with van der Waals surface area (Å²) in [6, 6.07) is 20.1. The summed E-state index contributed by atoms with van der Waals surface area (Å²) in [6.45, 7) is 4.07. The molecule has 0 saturated carbocycles. The van der Waals surface area contributed by atoms with Crippen molar-refractivity contribution in [1.82, 2.24) is 15.1 Å². The number of likely N-dealkylation sites (tertiary alicyclic amines) is 2. The predicted molar refractivity (Wildman–Crippen MR) is 118 cm³/mol. The highest BCUT2D eigenvalue weighted by atomic mass is 16.2. The van der Waals surface area contributed by atoms with Crippen LogP contribution < -0.4 is 10.6 Å². The molecule has 2 N–H and O–H groups in total. The van der Waals surface area contributed by atoms with Crippen molar-refractivity contribution in [3.63, 3.8) is 0 Å². The van der Waals surface area contributed by atoms with E-state index in [4.69, 9.17) is 0 Å². The van der Waals surface area contributed by atoms with Crippen LogP contribution in [0, 0.1) is 5.92 Å². The summed E-state index contributed by atoms with van der Waals surface area (Å²) in [5.41, 5.74) is 2.11. The molecule has 0 radical (unpaired) electrons. The Kier molecular flexibility index (Phi) is 6.64. The Balaban J connectivity index is 1.19. The summed E-state index contributed by atoms with van der Waals surface area (Å²) >= 11 is 0. The highest BCUT2D eigenvalue weighted by molar-refractivity contribution is 5.89. The van der Waals surface area contributed by atoms with Crippen molar-refractivity contribution in [1.29, 1.82) is 0 Å². The maximum Gasteiger partial charge on any atom is 0.321 e. The van der Waals surface area contributed by atoms with Crippen LogP contribution in [0.4, 0.5) is 10.5 Å². The monoisotopic (exact) mass is 406 g/mol. The van der Waals surface area contributed by atoms with E-state index in [1.165, 1.54) is 5.56 Å². The summed E-state index contributed by atoms with van der Waals surface area (Å²) in [5, 5.41) is 6.17. The summed E-state index contributed by atoms with van der Waals surface area (Å²) in [4.78, 5) is 29.4. The summed E-state index contributed by atoms with van der Waals surface area (Å²) < 4.78 is 0. The first kappa shape index (κ1) is 20.4. The van der Waals surface area contributed by atoms with Crippen molar-refractivity contribution in [2.45, 2.75) is 31.8 Å². The number of amides is 3. The smallest absolute Gasteiger partial charge is 0.321 e. The van der Waals surface area contributed by atoms with Crippen LogP contribution in [0.2, 0.25) is 0 Å². The van der Waals surface area contributed by atoms with E-state index >= 15 is 0 Å². The molecular weight excluding hydrogens is 376 g/mol. The zero-order valence-electron chi connectivity index (χ0n) is 17.3. The molecule has 158 valence electrons. The fourth-order valence-corrected chi connectivity index (χ4v) is 4.32. The molecular formula is C24H30N4O2. The van der Waals surface area contributed by atoms with Crippen LogP contribution in [0.15, 0.2) is 60.7 Å². The largest absolute Gasteiger partial charge is 0.352 e. The Hall–Kier alpha value is -2.86. The second-order valence-corrected chi connectivity index (χ2v) is 8.27. The quantitative estimate of drug-likeness (QED) is 0.801. The lowest BCUT2D eigenvalue weighted by molar-refractivity contribution is -0.126. The molecule has 3 amide bonds. The number of nitrogens with zero attached hydrogens (tertiary/aromatic N) is 2. The van der Waals surface area contributed by atoms with Gasteiger partial charge in [-0.15, -0.1) is 0 Å². The molecule has 2 saturated heterocycles. The highest BCUT2D eigenvalue weighted by Gasteiger charge is 2.30. The van der Waals surface area contributed by atoms with Gasteiger partial charge in [0, 0.05) is 50.4 Å². The number of urea groups is 1. The molecule has 2 aromatic rings. The number of anilines is 1. The molecule has 2 fully saturated rings. The van der Waals surface area contributed by atoms with Crippen molar-refractivity contribution in [3.05, 3.63) is 66.2 Å². The van der Waals surface area contributed by atoms with Gasteiger partial charge in [0.25, 0.3) is 0 Å². The van der Waals surface area contributed by atoms with Crippen LogP contribution in [0.1, 0.15) is 24.8 Å². The molecule has 2 aromatic carbocycles. The van der Waals surface area contributed by atoms with Gasteiger partial charge in [-0.1, -0.05) is 48.5 Å². The third-order valence-corrected chi connectivity index (χ3v) is 6.05. The minimum Gasteiger partial charge on any atom is -0.352 e. The molecule has 6 heteroatoms. The standard InChI is InChI=1S/C24H30N4O2/c29-23(25-22-13-14-27(18-22)17-19-7-3-1-4-8-19)20-11-15-28(16-12-20)24(30)26-21-9-5-2-6-10-21/h1-10,20,22H,11-18H2,(H,25,29)(H,26,30)/t22-/m1/s1. The third-order valence-electron chi connectivity index (χ3n) is 6.05. The first-order valence-corrected chi connectivity index (χ1v) is 10.8. The van der Waals surface area contributed by atoms with Gasteiger partial charge in [0.1, 0.15) is 0 Å². The lowest BCUT2D eigenvalue weighted by atomic mass is 9.95. The molecule has 6 nitrogen and oxygen atoms in total. The van der Waals surface area contributed by atoms with Crippen LogP contribution in [-0.4, -0.2) is 54.0 Å². The molecule has 0 spiro atoms. The van der Waals surface area contributed by atoms with Gasteiger partial charge in [0.15, 0.2) is 0 Å². The van der Waals surface area contributed by atoms with Crippen LogP contribution >= 0.6 is 0 Å². The van der Waals surface area contributed by atoms with E-state index < -0.39 is 0 Å². The minimum atomic E-state index is -0.0904. The van der Waals surface area contributed by atoms with Crippen molar-refractivity contribution < 1.29 is 9.59 Å². The van der Waals surface area contributed by atoms with Crippen LogP contribution in [-0.2, 0) is 11.3 Å². The first-order valence-electron chi connectivity index (χ1n) is 10.8. The van der Waals surface area contributed by atoms with Crippen LogP contribution in [0.3, 0.4) is 0 Å². The number of piperidine rings is 1. The predicted octanol–water partition coefficient (Wildman–Crippen LogP) is 3.32. The summed E-state index contributed by atoms with van der Waals surface area (Å²) in [5.74, 6) is 0.138. The van der Waals surface area contributed by atoms with Gasteiger partial charge in [-0.3, -0.25) is 9.69 Å². The Morgan fingerprint density at radius 2 is 1.53 bits per heavy atom. The van der Waals surface area contributed by atoms with E-state index in [9.17, 15) is 9.59 Å². The number of para-hydroxylation sites is 1. The zero-order chi connectivity index (χ0) is 20.8. The molecule has 2 aliphatic rings. The Morgan fingerprint density at radius 3 is 2.23 bits per heavy atom. The van der Waals surface area contributed by atoms with Gasteiger partial charge < -0.3 is 15.5 Å². The molecule has 0 aliphatic carbocycles. The topological polar surface area (TPSA) is 64.7 Å². The number of carbonyl (C=O) groups excluding carboxylic acids is 2. The molecule has 2 aliphatic heterocycles. The summed E-state index contributed by atoms with van der Waals surface area (Å²) in [7, 11) is 0. The second-order valence-electron chi connectivity index (χ2n) is 8.27. The zero-order valence-corrected chi connectivity index (χ0v) is 17.3. The summed E-state index contributed by atoms with van der Waals surface area (Å²) in [6.07, 6.45) is 2.43. The van der Waals surface area contributed by atoms with E-state index in [-0.39, 0.29) is 23.9 Å². The average Bonchev–Trinajstić information content (AvgIpc) is 3.22. The lowest BCUT2D eigenvalue weighted by Crippen LogP contribution is -2.46.